The first-order chi connectivity index (χ1) is 15.0. The van der Waals surface area contributed by atoms with Crippen LogP contribution in [0.5, 0.6) is 0 Å². The number of rotatable bonds is 6. The molecule has 0 radical (unpaired) electrons. The number of nitrogens with zero attached hydrogens (tertiary/aromatic N) is 3. The minimum absolute atomic E-state index is 0.0740. The third-order valence-electron chi connectivity index (χ3n) is 4.89. The number of amides is 1. The van der Waals surface area contributed by atoms with E-state index in [0.29, 0.717) is 5.16 Å². The zero-order valence-corrected chi connectivity index (χ0v) is 18.6. The fourth-order valence-electron chi connectivity index (χ4n) is 3.22. The number of hydrogen-bond acceptors (Lipinski definition) is 4. The summed E-state index contributed by atoms with van der Waals surface area (Å²) in [5.74, 6) is 0.676. The Labute approximate surface area is 186 Å². The summed E-state index contributed by atoms with van der Waals surface area (Å²) >= 11 is 1.39. The van der Waals surface area contributed by atoms with Crippen LogP contribution in [-0.2, 0) is 4.79 Å². The van der Waals surface area contributed by atoms with E-state index in [4.69, 9.17) is 0 Å². The summed E-state index contributed by atoms with van der Waals surface area (Å²) in [4.78, 5) is 12.8. The van der Waals surface area contributed by atoms with E-state index in [1.54, 1.807) is 0 Å². The van der Waals surface area contributed by atoms with E-state index in [1.165, 1.54) is 17.3 Å². The number of thioether (sulfide) groups is 1. The summed E-state index contributed by atoms with van der Waals surface area (Å²) in [6.07, 6.45) is 0. The number of carbonyl (C=O) groups excluding carboxylic acids is 1. The van der Waals surface area contributed by atoms with Gasteiger partial charge in [0, 0.05) is 16.9 Å². The SMILES string of the molecule is Cc1ccc(-c2nnc(S[C@@H](C)C(=O)Nc3cccc(C)c3)n2-c2ccccc2)cc1. The largest absolute Gasteiger partial charge is 0.325 e. The van der Waals surface area contributed by atoms with Gasteiger partial charge in [0.2, 0.25) is 5.91 Å². The van der Waals surface area contributed by atoms with Crippen molar-refractivity contribution in [3.63, 3.8) is 0 Å². The van der Waals surface area contributed by atoms with Crippen LogP contribution in [0.15, 0.2) is 84.0 Å². The maximum atomic E-state index is 12.8. The molecule has 1 N–H and O–H groups in total. The number of nitrogens with one attached hydrogen (secondary N) is 1. The molecule has 4 rings (SSSR count). The van der Waals surface area contributed by atoms with Crippen LogP contribution in [0.1, 0.15) is 18.1 Å². The lowest BCUT2D eigenvalue weighted by molar-refractivity contribution is -0.115. The number of hydrogen-bond donors (Lipinski definition) is 1. The second-order valence-corrected chi connectivity index (χ2v) is 8.77. The molecule has 5 nitrogen and oxygen atoms in total. The molecule has 0 aliphatic carbocycles. The number of para-hydroxylation sites is 1. The molecule has 0 saturated heterocycles. The van der Waals surface area contributed by atoms with Crippen LogP contribution in [0.3, 0.4) is 0 Å². The van der Waals surface area contributed by atoms with Crippen LogP contribution in [0.4, 0.5) is 5.69 Å². The molecule has 1 amide bonds. The van der Waals surface area contributed by atoms with Gasteiger partial charge in [-0.15, -0.1) is 10.2 Å². The molecule has 0 bridgehead atoms. The highest BCUT2D eigenvalue weighted by atomic mass is 32.2. The van der Waals surface area contributed by atoms with Gasteiger partial charge in [-0.05, 0) is 50.6 Å². The van der Waals surface area contributed by atoms with Crippen molar-refractivity contribution in [2.75, 3.05) is 5.32 Å². The monoisotopic (exact) mass is 428 g/mol. The maximum absolute atomic E-state index is 12.8. The molecule has 0 aliphatic heterocycles. The van der Waals surface area contributed by atoms with Gasteiger partial charge >= 0.3 is 0 Å². The zero-order valence-electron chi connectivity index (χ0n) is 17.7. The van der Waals surface area contributed by atoms with Gasteiger partial charge in [-0.2, -0.15) is 0 Å². The molecule has 0 spiro atoms. The van der Waals surface area contributed by atoms with Gasteiger partial charge < -0.3 is 5.32 Å². The fraction of sp³-hybridized carbons (Fsp3) is 0.160. The van der Waals surface area contributed by atoms with Crippen molar-refractivity contribution in [3.05, 3.63) is 90.0 Å². The number of anilines is 1. The lowest BCUT2D eigenvalue weighted by Crippen LogP contribution is -2.23. The standard InChI is InChI=1S/C25H24N4OS/c1-17-12-14-20(15-13-17)23-27-28-25(29(23)22-10-5-4-6-11-22)31-19(3)24(30)26-21-9-7-8-18(2)16-21/h4-16,19H,1-3H3,(H,26,30)/t19-/m0/s1. The van der Waals surface area contributed by atoms with Crippen LogP contribution in [0, 0.1) is 13.8 Å². The van der Waals surface area contributed by atoms with E-state index in [9.17, 15) is 4.79 Å². The van der Waals surface area contributed by atoms with Crippen molar-refractivity contribution in [2.45, 2.75) is 31.2 Å². The summed E-state index contributed by atoms with van der Waals surface area (Å²) in [6.45, 7) is 5.94. The maximum Gasteiger partial charge on any atom is 0.237 e. The average molecular weight is 429 g/mol. The molecular formula is C25H24N4OS. The number of benzene rings is 3. The average Bonchev–Trinajstić information content (AvgIpc) is 3.18. The minimum Gasteiger partial charge on any atom is -0.325 e. The first kappa shape index (κ1) is 20.9. The number of aryl methyl sites for hydroxylation is 2. The molecular weight excluding hydrogens is 404 g/mol. The Morgan fingerprint density at radius 1 is 0.903 bits per heavy atom. The predicted molar refractivity (Wildman–Crippen MR) is 127 cm³/mol. The molecule has 1 aromatic heterocycles. The second-order valence-electron chi connectivity index (χ2n) is 7.46. The first-order valence-corrected chi connectivity index (χ1v) is 11.0. The van der Waals surface area contributed by atoms with E-state index in [0.717, 1.165) is 28.3 Å². The summed E-state index contributed by atoms with van der Waals surface area (Å²) < 4.78 is 2.01. The van der Waals surface area contributed by atoms with E-state index in [1.807, 2.05) is 85.1 Å². The van der Waals surface area contributed by atoms with Crippen LogP contribution < -0.4 is 5.32 Å². The minimum atomic E-state index is -0.349. The molecule has 1 heterocycles. The highest BCUT2D eigenvalue weighted by Gasteiger charge is 2.22. The van der Waals surface area contributed by atoms with Gasteiger partial charge in [-0.1, -0.05) is 71.9 Å². The van der Waals surface area contributed by atoms with E-state index in [-0.39, 0.29) is 11.2 Å². The quantitative estimate of drug-likeness (QED) is 0.402. The van der Waals surface area contributed by atoms with Gasteiger partial charge in [0.25, 0.3) is 0 Å². The Morgan fingerprint density at radius 3 is 2.35 bits per heavy atom. The Bertz CT molecular complexity index is 1190. The highest BCUT2D eigenvalue weighted by Crippen LogP contribution is 2.30. The molecule has 6 heteroatoms. The predicted octanol–water partition coefficient (Wildman–Crippen LogP) is 5.67. The molecule has 0 unspecified atom stereocenters. The summed E-state index contributed by atoms with van der Waals surface area (Å²) in [5, 5.41) is 12.2. The lowest BCUT2D eigenvalue weighted by Gasteiger charge is -2.14. The van der Waals surface area contributed by atoms with Crippen molar-refractivity contribution in [1.82, 2.24) is 14.8 Å². The lowest BCUT2D eigenvalue weighted by atomic mass is 10.1. The van der Waals surface area contributed by atoms with Crippen molar-refractivity contribution in [2.24, 2.45) is 0 Å². The Kier molecular flexibility index (Phi) is 6.18. The topological polar surface area (TPSA) is 59.8 Å². The van der Waals surface area contributed by atoms with Gasteiger partial charge in [0.15, 0.2) is 11.0 Å². The Hall–Kier alpha value is -3.38. The Morgan fingerprint density at radius 2 is 1.65 bits per heavy atom. The zero-order chi connectivity index (χ0) is 21.8. The third-order valence-corrected chi connectivity index (χ3v) is 5.94. The van der Waals surface area contributed by atoms with Crippen molar-refractivity contribution < 1.29 is 4.79 Å². The van der Waals surface area contributed by atoms with Gasteiger partial charge in [-0.25, -0.2) is 0 Å². The summed E-state index contributed by atoms with van der Waals surface area (Å²) in [7, 11) is 0. The van der Waals surface area contributed by atoms with Gasteiger partial charge in [-0.3, -0.25) is 9.36 Å². The van der Waals surface area contributed by atoms with Crippen LogP contribution in [0.2, 0.25) is 0 Å². The van der Waals surface area contributed by atoms with Crippen molar-refractivity contribution in [3.8, 4) is 17.1 Å². The molecule has 4 aromatic rings. The molecule has 1 atom stereocenters. The fourth-order valence-corrected chi connectivity index (χ4v) is 4.09. The van der Waals surface area contributed by atoms with Gasteiger partial charge in [0.05, 0.1) is 5.25 Å². The van der Waals surface area contributed by atoms with E-state index < -0.39 is 0 Å². The molecule has 0 saturated carbocycles. The smallest absolute Gasteiger partial charge is 0.237 e. The molecule has 3 aromatic carbocycles. The van der Waals surface area contributed by atoms with Crippen LogP contribution in [-0.4, -0.2) is 25.9 Å². The van der Waals surface area contributed by atoms with Crippen LogP contribution >= 0.6 is 11.8 Å². The normalized spacial score (nSPS) is 11.8. The van der Waals surface area contributed by atoms with Crippen molar-refractivity contribution >= 4 is 23.4 Å². The Balaban J connectivity index is 1.63. The first-order valence-electron chi connectivity index (χ1n) is 10.1. The highest BCUT2D eigenvalue weighted by molar-refractivity contribution is 8.00. The second kappa shape index (κ2) is 9.18. The van der Waals surface area contributed by atoms with Gasteiger partial charge in [0.1, 0.15) is 0 Å². The summed E-state index contributed by atoms with van der Waals surface area (Å²) in [6, 6.07) is 26.0. The molecule has 156 valence electrons. The number of carbonyl (C=O) groups is 1. The van der Waals surface area contributed by atoms with Crippen molar-refractivity contribution in [1.29, 1.82) is 0 Å². The number of aromatic nitrogens is 3. The van der Waals surface area contributed by atoms with E-state index in [2.05, 4.69) is 34.6 Å². The van der Waals surface area contributed by atoms with E-state index >= 15 is 0 Å². The molecule has 0 aliphatic rings. The molecule has 0 fully saturated rings. The molecule has 31 heavy (non-hydrogen) atoms. The van der Waals surface area contributed by atoms with Crippen LogP contribution in [0.25, 0.3) is 17.1 Å². The third kappa shape index (κ3) is 4.86. The summed E-state index contributed by atoms with van der Waals surface area (Å²) in [5.41, 5.74) is 5.01.